The van der Waals surface area contributed by atoms with Crippen molar-refractivity contribution in [2.75, 3.05) is 7.11 Å². The summed E-state index contributed by atoms with van der Waals surface area (Å²) in [5, 5.41) is 0. The first-order chi connectivity index (χ1) is 12.1. The van der Waals surface area contributed by atoms with Gasteiger partial charge in [0.1, 0.15) is 5.75 Å². The van der Waals surface area contributed by atoms with Gasteiger partial charge in [-0.1, -0.05) is 18.2 Å². The molecule has 0 fully saturated rings. The molecule has 0 bridgehead atoms. The highest BCUT2D eigenvalue weighted by Crippen LogP contribution is 2.35. The van der Waals surface area contributed by atoms with Crippen LogP contribution in [0.3, 0.4) is 0 Å². The predicted molar refractivity (Wildman–Crippen MR) is 92.1 cm³/mol. The lowest BCUT2D eigenvalue weighted by atomic mass is 10.1. The van der Waals surface area contributed by atoms with E-state index in [1.54, 1.807) is 49.6 Å². The van der Waals surface area contributed by atoms with Crippen LogP contribution in [0.2, 0.25) is 0 Å². The molecule has 6 nitrogen and oxygen atoms in total. The monoisotopic (exact) mass is 399 g/mol. The van der Waals surface area contributed by atoms with E-state index in [2.05, 4.69) is 20.9 Å². The van der Waals surface area contributed by atoms with Gasteiger partial charge in [-0.2, -0.15) is 0 Å². The standard InChI is InChI=1S/C18H10BrNO5/c1-23-13-7-6-9(8-12(13)19)16-20-14(18(22)25-16)15-10-4-2-3-5-11(10)17(21)24-15/h2-8H,1H3/b15-14+. The van der Waals surface area contributed by atoms with Crippen molar-refractivity contribution in [3.63, 3.8) is 0 Å². The molecule has 0 N–H and O–H groups in total. The lowest BCUT2D eigenvalue weighted by Crippen LogP contribution is -2.06. The fourth-order valence-corrected chi connectivity index (χ4v) is 3.15. The molecule has 0 saturated heterocycles. The van der Waals surface area contributed by atoms with Gasteiger partial charge < -0.3 is 14.2 Å². The molecule has 2 aliphatic heterocycles. The Hall–Kier alpha value is -2.93. The number of ether oxygens (including phenoxy) is 3. The summed E-state index contributed by atoms with van der Waals surface area (Å²) in [7, 11) is 1.56. The van der Waals surface area contributed by atoms with Crippen molar-refractivity contribution in [3.05, 3.63) is 69.3 Å². The molecule has 0 aliphatic carbocycles. The number of aliphatic imine (C=N–C) groups is 1. The third-order valence-electron chi connectivity index (χ3n) is 3.80. The van der Waals surface area contributed by atoms with E-state index in [4.69, 9.17) is 14.2 Å². The number of hydrogen-bond donors (Lipinski definition) is 0. The Kier molecular flexibility index (Phi) is 3.65. The lowest BCUT2D eigenvalue weighted by molar-refractivity contribution is -0.130. The fraction of sp³-hybridized carbons (Fsp3) is 0.0556. The Balaban J connectivity index is 1.79. The van der Waals surface area contributed by atoms with E-state index in [1.165, 1.54) is 0 Å². The molecule has 0 aromatic heterocycles. The van der Waals surface area contributed by atoms with Crippen LogP contribution in [0.5, 0.6) is 5.75 Å². The van der Waals surface area contributed by atoms with Gasteiger partial charge in [0.25, 0.3) is 0 Å². The number of cyclic esters (lactones) is 2. The predicted octanol–water partition coefficient (Wildman–Crippen LogP) is 3.30. The molecule has 0 amide bonds. The lowest BCUT2D eigenvalue weighted by Gasteiger charge is -2.05. The van der Waals surface area contributed by atoms with Crippen LogP contribution in [-0.2, 0) is 14.3 Å². The number of rotatable bonds is 2. The summed E-state index contributed by atoms with van der Waals surface area (Å²) < 4.78 is 16.4. The number of esters is 2. The molecule has 124 valence electrons. The van der Waals surface area contributed by atoms with Crippen LogP contribution in [-0.4, -0.2) is 24.9 Å². The number of hydrogen-bond acceptors (Lipinski definition) is 6. The minimum absolute atomic E-state index is 0.0276. The van der Waals surface area contributed by atoms with Crippen LogP contribution >= 0.6 is 15.9 Å². The van der Waals surface area contributed by atoms with Crippen molar-refractivity contribution in [3.8, 4) is 5.75 Å². The molecule has 7 heteroatoms. The summed E-state index contributed by atoms with van der Waals surface area (Å²) in [6.45, 7) is 0. The van der Waals surface area contributed by atoms with Gasteiger partial charge in [0.15, 0.2) is 11.5 Å². The molecule has 4 rings (SSSR count). The highest BCUT2D eigenvalue weighted by Gasteiger charge is 2.35. The molecule has 0 radical (unpaired) electrons. The molecule has 0 spiro atoms. The van der Waals surface area contributed by atoms with E-state index in [0.717, 1.165) is 0 Å². The summed E-state index contributed by atoms with van der Waals surface area (Å²) in [6, 6.07) is 12.0. The first-order valence-corrected chi connectivity index (χ1v) is 8.08. The number of benzene rings is 2. The van der Waals surface area contributed by atoms with E-state index in [-0.39, 0.29) is 17.4 Å². The van der Waals surface area contributed by atoms with Crippen molar-refractivity contribution >= 4 is 39.5 Å². The first kappa shape index (κ1) is 15.6. The number of fused-ring (bicyclic) bond motifs is 1. The Morgan fingerprint density at radius 3 is 2.48 bits per heavy atom. The van der Waals surface area contributed by atoms with E-state index in [1.807, 2.05) is 0 Å². The van der Waals surface area contributed by atoms with Gasteiger partial charge in [0.05, 0.1) is 17.1 Å². The number of carbonyl (C=O) groups excluding carboxylic acids is 2. The van der Waals surface area contributed by atoms with Gasteiger partial charge in [-0.15, -0.1) is 0 Å². The number of halogens is 1. The Bertz CT molecular complexity index is 993. The first-order valence-electron chi connectivity index (χ1n) is 7.29. The van der Waals surface area contributed by atoms with E-state index < -0.39 is 11.9 Å². The summed E-state index contributed by atoms with van der Waals surface area (Å²) >= 11 is 3.38. The minimum Gasteiger partial charge on any atom is -0.496 e. The van der Waals surface area contributed by atoms with E-state index in [9.17, 15) is 9.59 Å². The van der Waals surface area contributed by atoms with Gasteiger partial charge in [-0.25, -0.2) is 14.6 Å². The normalized spacial score (nSPS) is 18.6. The zero-order chi connectivity index (χ0) is 17.6. The summed E-state index contributed by atoms with van der Waals surface area (Å²) in [6.07, 6.45) is 0. The summed E-state index contributed by atoms with van der Waals surface area (Å²) in [5.41, 5.74) is 1.49. The molecule has 2 aromatic rings. The molecule has 2 heterocycles. The molecule has 0 saturated carbocycles. The Morgan fingerprint density at radius 2 is 1.76 bits per heavy atom. The average Bonchev–Trinajstić information content (AvgIpc) is 3.15. The molecular weight excluding hydrogens is 390 g/mol. The van der Waals surface area contributed by atoms with Crippen LogP contribution in [0, 0.1) is 0 Å². The molecule has 2 aromatic carbocycles. The second kappa shape index (κ2) is 5.86. The van der Waals surface area contributed by atoms with Gasteiger partial charge in [0.2, 0.25) is 5.90 Å². The van der Waals surface area contributed by atoms with Crippen molar-refractivity contribution in [1.29, 1.82) is 0 Å². The highest BCUT2D eigenvalue weighted by atomic mass is 79.9. The minimum atomic E-state index is -0.665. The smallest absolute Gasteiger partial charge is 0.367 e. The third-order valence-corrected chi connectivity index (χ3v) is 4.42. The van der Waals surface area contributed by atoms with E-state index >= 15 is 0 Å². The van der Waals surface area contributed by atoms with Crippen LogP contribution in [0.15, 0.2) is 57.6 Å². The van der Waals surface area contributed by atoms with Crippen LogP contribution in [0.4, 0.5) is 0 Å². The highest BCUT2D eigenvalue weighted by molar-refractivity contribution is 9.10. The number of nitrogens with zero attached hydrogens (tertiary/aromatic N) is 1. The van der Waals surface area contributed by atoms with Crippen molar-refractivity contribution < 1.29 is 23.8 Å². The average molecular weight is 400 g/mol. The van der Waals surface area contributed by atoms with Crippen molar-refractivity contribution in [2.45, 2.75) is 0 Å². The van der Waals surface area contributed by atoms with Gasteiger partial charge in [-0.3, -0.25) is 0 Å². The maximum absolute atomic E-state index is 12.2. The molecule has 0 atom stereocenters. The zero-order valence-corrected chi connectivity index (χ0v) is 14.5. The Labute approximate surface area is 150 Å². The van der Waals surface area contributed by atoms with Crippen molar-refractivity contribution in [2.24, 2.45) is 4.99 Å². The molecule has 2 aliphatic rings. The zero-order valence-electron chi connectivity index (χ0n) is 12.9. The maximum atomic E-state index is 12.2. The van der Waals surface area contributed by atoms with E-state index in [0.29, 0.717) is 26.9 Å². The quantitative estimate of drug-likeness (QED) is 0.572. The van der Waals surface area contributed by atoms with Crippen molar-refractivity contribution in [1.82, 2.24) is 0 Å². The topological polar surface area (TPSA) is 74.2 Å². The van der Waals surface area contributed by atoms with Gasteiger partial charge in [0, 0.05) is 11.1 Å². The summed E-state index contributed by atoms with van der Waals surface area (Å²) in [4.78, 5) is 28.4. The fourth-order valence-electron chi connectivity index (χ4n) is 2.61. The second-order valence-electron chi connectivity index (χ2n) is 5.27. The van der Waals surface area contributed by atoms with Crippen LogP contribution < -0.4 is 4.74 Å². The molecule has 25 heavy (non-hydrogen) atoms. The number of carbonyl (C=O) groups is 2. The largest absolute Gasteiger partial charge is 0.496 e. The third kappa shape index (κ3) is 2.53. The summed E-state index contributed by atoms with van der Waals surface area (Å²) in [5.74, 6) is -0.279. The maximum Gasteiger partial charge on any atom is 0.367 e. The second-order valence-corrected chi connectivity index (χ2v) is 6.12. The van der Waals surface area contributed by atoms with Gasteiger partial charge >= 0.3 is 11.9 Å². The number of methoxy groups -OCH3 is 1. The Morgan fingerprint density at radius 1 is 1.00 bits per heavy atom. The van der Waals surface area contributed by atoms with Crippen LogP contribution in [0.25, 0.3) is 5.76 Å². The molecule has 0 unspecified atom stereocenters. The molecular formula is C18H10BrNO5. The SMILES string of the molecule is COc1ccc(C2=N/C(=C3/OC(=O)c4ccccc43)C(=O)O2)cc1Br. The van der Waals surface area contributed by atoms with Crippen LogP contribution in [0.1, 0.15) is 21.5 Å². The van der Waals surface area contributed by atoms with Gasteiger partial charge in [-0.05, 0) is 40.2 Å².